The lowest BCUT2D eigenvalue weighted by molar-refractivity contribution is -0.139. The van der Waals surface area contributed by atoms with E-state index in [2.05, 4.69) is 4.74 Å². The number of nitrogen functional groups attached to an aromatic ring is 1. The summed E-state index contributed by atoms with van der Waals surface area (Å²) in [7, 11) is -2.79. The van der Waals surface area contributed by atoms with Gasteiger partial charge in [0.2, 0.25) is 10.0 Å². The summed E-state index contributed by atoms with van der Waals surface area (Å²) in [6.07, 6.45) is 0. The number of aryl methyl sites for hydroxylation is 1. The molecule has 100 valence electrons. The molecular formula is C10H13FN2O4S. The molecule has 0 fully saturated rings. The number of rotatable bonds is 4. The molecule has 0 atom stereocenters. The first kappa shape index (κ1) is 14.4. The summed E-state index contributed by atoms with van der Waals surface area (Å²) < 4.78 is 43.1. The molecule has 1 aromatic rings. The number of carbonyl (C=O) groups is 1. The summed E-state index contributed by atoms with van der Waals surface area (Å²) in [6.45, 7) is 0.889. The van der Waals surface area contributed by atoms with E-state index < -0.39 is 28.4 Å². The molecule has 1 rings (SSSR count). The topological polar surface area (TPSA) is 98.5 Å². The lowest BCUT2D eigenvalue weighted by Gasteiger charge is -2.08. The minimum atomic E-state index is -3.92. The molecule has 0 amide bonds. The minimum Gasteiger partial charge on any atom is -0.468 e. The summed E-state index contributed by atoms with van der Waals surface area (Å²) in [5, 5.41) is 0. The number of ether oxygens (including phenoxy) is 1. The molecular weight excluding hydrogens is 263 g/mol. The fourth-order valence-corrected chi connectivity index (χ4v) is 2.32. The maximum atomic E-state index is 13.3. The Morgan fingerprint density at radius 2 is 2.11 bits per heavy atom. The van der Waals surface area contributed by atoms with Gasteiger partial charge in [-0.2, -0.15) is 4.72 Å². The molecule has 3 N–H and O–H groups in total. The van der Waals surface area contributed by atoms with E-state index >= 15 is 0 Å². The number of sulfonamides is 1. The summed E-state index contributed by atoms with van der Waals surface area (Å²) in [4.78, 5) is 10.6. The fourth-order valence-electron chi connectivity index (χ4n) is 1.23. The second-order valence-corrected chi connectivity index (χ2v) is 5.31. The zero-order chi connectivity index (χ0) is 13.9. The Kier molecular flexibility index (Phi) is 4.25. The smallest absolute Gasteiger partial charge is 0.320 e. The number of hydrogen-bond acceptors (Lipinski definition) is 5. The molecule has 0 aromatic heterocycles. The van der Waals surface area contributed by atoms with Crippen molar-refractivity contribution in [1.82, 2.24) is 4.72 Å². The predicted octanol–water partition coefficient (Wildman–Crippen LogP) is 0.168. The highest BCUT2D eigenvalue weighted by molar-refractivity contribution is 7.89. The summed E-state index contributed by atoms with van der Waals surface area (Å²) >= 11 is 0. The standard InChI is InChI=1S/C10H13FN2O4S/c1-6-3-7(4-8(12)10(6)11)18(15,16)13-5-9(14)17-2/h3-4,13H,5,12H2,1-2H3. The van der Waals surface area contributed by atoms with Gasteiger partial charge >= 0.3 is 5.97 Å². The van der Waals surface area contributed by atoms with Crippen LogP contribution in [0.5, 0.6) is 0 Å². The summed E-state index contributed by atoms with van der Waals surface area (Å²) in [6, 6.07) is 2.12. The molecule has 6 nitrogen and oxygen atoms in total. The van der Waals surface area contributed by atoms with Gasteiger partial charge in [0.15, 0.2) is 0 Å². The third kappa shape index (κ3) is 3.17. The molecule has 0 heterocycles. The second-order valence-electron chi connectivity index (χ2n) is 3.54. The van der Waals surface area contributed by atoms with Gasteiger partial charge in [0.25, 0.3) is 0 Å². The zero-order valence-corrected chi connectivity index (χ0v) is 10.7. The van der Waals surface area contributed by atoms with Crippen LogP contribution in [0.2, 0.25) is 0 Å². The molecule has 0 saturated carbocycles. The van der Waals surface area contributed by atoms with Gasteiger partial charge in [-0.15, -0.1) is 0 Å². The Bertz CT molecular complexity index is 548. The third-order valence-electron chi connectivity index (χ3n) is 2.20. The molecule has 0 radical (unpaired) electrons. The van der Waals surface area contributed by atoms with E-state index in [1.54, 1.807) is 0 Å². The zero-order valence-electron chi connectivity index (χ0n) is 9.86. The molecule has 0 aliphatic rings. The molecule has 0 aliphatic carbocycles. The largest absolute Gasteiger partial charge is 0.468 e. The fraction of sp³-hybridized carbons (Fsp3) is 0.300. The van der Waals surface area contributed by atoms with Crippen LogP contribution >= 0.6 is 0 Å². The Hall–Kier alpha value is -1.67. The normalized spacial score (nSPS) is 11.3. The first-order valence-corrected chi connectivity index (χ1v) is 6.38. The Balaban J connectivity index is 3.02. The quantitative estimate of drug-likeness (QED) is 0.603. The number of methoxy groups -OCH3 is 1. The van der Waals surface area contributed by atoms with E-state index in [4.69, 9.17) is 5.73 Å². The molecule has 0 bridgehead atoms. The molecule has 18 heavy (non-hydrogen) atoms. The monoisotopic (exact) mass is 276 g/mol. The van der Waals surface area contributed by atoms with Gasteiger partial charge in [0, 0.05) is 0 Å². The molecule has 0 aliphatic heterocycles. The number of halogens is 1. The van der Waals surface area contributed by atoms with Crippen LogP contribution in [0.3, 0.4) is 0 Å². The van der Waals surface area contributed by atoms with Crippen molar-refractivity contribution in [3.63, 3.8) is 0 Å². The van der Waals surface area contributed by atoms with Gasteiger partial charge in [-0.1, -0.05) is 0 Å². The molecule has 1 aromatic carbocycles. The SMILES string of the molecule is COC(=O)CNS(=O)(=O)c1cc(C)c(F)c(N)c1. The number of nitrogens with one attached hydrogen (secondary N) is 1. The number of benzene rings is 1. The number of hydrogen-bond donors (Lipinski definition) is 2. The highest BCUT2D eigenvalue weighted by Gasteiger charge is 2.18. The first-order valence-electron chi connectivity index (χ1n) is 4.90. The number of nitrogens with two attached hydrogens (primary N) is 1. The van der Waals surface area contributed by atoms with Crippen molar-refractivity contribution in [2.45, 2.75) is 11.8 Å². The van der Waals surface area contributed by atoms with Crippen LogP contribution in [0.25, 0.3) is 0 Å². The predicted molar refractivity (Wildman–Crippen MR) is 62.8 cm³/mol. The molecule has 0 saturated heterocycles. The molecule has 8 heteroatoms. The molecule has 0 spiro atoms. The van der Waals surface area contributed by atoms with Crippen LogP contribution in [0, 0.1) is 12.7 Å². The van der Waals surface area contributed by atoms with Crippen molar-refractivity contribution >= 4 is 21.7 Å². The van der Waals surface area contributed by atoms with E-state index in [0.717, 1.165) is 19.2 Å². The van der Waals surface area contributed by atoms with E-state index in [9.17, 15) is 17.6 Å². The van der Waals surface area contributed by atoms with Crippen LogP contribution in [0.1, 0.15) is 5.56 Å². The average molecular weight is 276 g/mol. The third-order valence-corrected chi connectivity index (χ3v) is 3.58. The van der Waals surface area contributed by atoms with Crippen molar-refractivity contribution in [3.8, 4) is 0 Å². The van der Waals surface area contributed by atoms with Gasteiger partial charge in [-0.05, 0) is 24.6 Å². The minimum absolute atomic E-state index is 0.105. The number of carbonyl (C=O) groups excluding carboxylic acids is 1. The van der Waals surface area contributed by atoms with Crippen molar-refractivity contribution in [2.75, 3.05) is 19.4 Å². The van der Waals surface area contributed by atoms with E-state index in [-0.39, 0.29) is 16.1 Å². The van der Waals surface area contributed by atoms with Crippen LogP contribution in [-0.4, -0.2) is 28.0 Å². The van der Waals surface area contributed by atoms with Gasteiger partial charge in [0.05, 0.1) is 17.7 Å². The van der Waals surface area contributed by atoms with E-state index in [1.165, 1.54) is 6.92 Å². The summed E-state index contributed by atoms with van der Waals surface area (Å²) in [5.74, 6) is -1.40. The van der Waals surface area contributed by atoms with Crippen LogP contribution in [0.4, 0.5) is 10.1 Å². The lowest BCUT2D eigenvalue weighted by Crippen LogP contribution is -2.30. The Morgan fingerprint density at radius 1 is 1.50 bits per heavy atom. The first-order chi connectivity index (χ1) is 8.27. The van der Waals surface area contributed by atoms with Crippen molar-refractivity contribution in [3.05, 3.63) is 23.5 Å². The van der Waals surface area contributed by atoms with Crippen molar-refractivity contribution < 1.29 is 22.3 Å². The molecule has 0 unspecified atom stereocenters. The number of esters is 1. The van der Waals surface area contributed by atoms with E-state index in [0.29, 0.717) is 0 Å². The second kappa shape index (κ2) is 5.32. The Morgan fingerprint density at radius 3 is 2.61 bits per heavy atom. The van der Waals surface area contributed by atoms with E-state index in [1.807, 2.05) is 4.72 Å². The van der Waals surface area contributed by atoms with Gasteiger partial charge in [-0.25, -0.2) is 12.8 Å². The van der Waals surface area contributed by atoms with Crippen molar-refractivity contribution in [1.29, 1.82) is 0 Å². The maximum absolute atomic E-state index is 13.3. The van der Waals surface area contributed by atoms with Gasteiger partial charge in [0.1, 0.15) is 12.4 Å². The van der Waals surface area contributed by atoms with Crippen molar-refractivity contribution in [2.24, 2.45) is 0 Å². The van der Waals surface area contributed by atoms with Gasteiger partial charge < -0.3 is 10.5 Å². The average Bonchev–Trinajstić information content (AvgIpc) is 2.32. The maximum Gasteiger partial charge on any atom is 0.320 e. The van der Waals surface area contributed by atoms with Crippen LogP contribution in [-0.2, 0) is 19.6 Å². The van der Waals surface area contributed by atoms with Gasteiger partial charge in [-0.3, -0.25) is 4.79 Å². The number of anilines is 1. The highest BCUT2D eigenvalue weighted by Crippen LogP contribution is 2.20. The Labute approximate surface area is 104 Å². The van der Waals surface area contributed by atoms with Crippen LogP contribution < -0.4 is 10.5 Å². The lowest BCUT2D eigenvalue weighted by atomic mass is 10.2. The summed E-state index contributed by atoms with van der Waals surface area (Å²) in [5.41, 5.74) is 5.18. The van der Waals surface area contributed by atoms with Crippen LogP contribution in [0.15, 0.2) is 17.0 Å². The highest BCUT2D eigenvalue weighted by atomic mass is 32.2.